The van der Waals surface area contributed by atoms with Crippen molar-refractivity contribution in [1.29, 1.82) is 5.26 Å². The Bertz CT molecular complexity index is 1810. The van der Waals surface area contributed by atoms with Gasteiger partial charge >= 0.3 is 6.18 Å². The molecular formula is C34H32F4N6O4. The molecule has 4 atom stereocenters. The fourth-order valence-corrected chi connectivity index (χ4v) is 5.93. The van der Waals surface area contributed by atoms with E-state index in [1.165, 1.54) is 39.9 Å². The number of aromatic nitrogens is 2. The minimum absolute atomic E-state index is 0.0656. The number of likely N-dealkylation sites (N-methyl/N-ethyl adjacent to an activating group) is 1. The number of alkyl halides is 3. The summed E-state index contributed by atoms with van der Waals surface area (Å²) < 4.78 is 56.2. The van der Waals surface area contributed by atoms with Crippen molar-refractivity contribution in [3.05, 3.63) is 113 Å². The van der Waals surface area contributed by atoms with E-state index < -0.39 is 60.1 Å². The third-order valence-electron chi connectivity index (χ3n) is 8.21. The normalized spacial score (nSPS) is 17.3. The predicted molar refractivity (Wildman–Crippen MR) is 166 cm³/mol. The SMILES string of the molecule is CCN1C(=O)[C@@H](NC(=O)c2cccc(C(F)(F)F)c2)[C@@H](c2ccc(F)cc2)c2c([C@@H](CCC(O)CO)NC#N)nn(-c3ccccc3)c21. The van der Waals surface area contributed by atoms with E-state index >= 15 is 0 Å². The Labute approximate surface area is 273 Å². The molecule has 10 nitrogen and oxygen atoms in total. The number of hydrogen-bond acceptors (Lipinski definition) is 7. The van der Waals surface area contributed by atoms with Crippen molar-refractivity contribution in [2.24, 2.45) is 0 Å². The third-order valence-corrected chi connectivity index (χ3v) is 8.21. The van der Waals surface area contributed by atoms with Gasteiger partial charge in [-0.05, 0) is 67.8 Å². The number of hydrogen-bond donors (Lipinski definition) is 4. The summed E-state index contributed by atoms with van der Waals surface area (Å²) in [5.74, 6) is -2.84. The number of nitrogens with zero attached hydrogens (tertiary/aromatic N) is 4. The first-order valence-corrected chi connectivity index (χ1v) is 15.1. The largest absolute Gasteiger partial charge is 0.416 e. The Balaban J connectivity index is 1.74. The van der Waals surface area contributed by atoms with E-state index in [4.69, 9.17) is 5.10 Å². The van der Waals surface area contributed by atoms with Crippen molar-refractivity contribution < 1.29 is 37.4 Å². The van der Waals surface area contributed by atoms with Gasteiger partial charge in [0.1, 0.15) is 17.7 Å². The summed E-state index contributed by atoms with van der Waals surface area (Å²) in [4.78, 5) is 29.4. The molecule has 1 aliphatic heterocycles. The average molecular weight is 665 g/mol. The zero-order valence-corrected chi connectivity index (χ0v) is 25.7. The van der Waals surface area contributed by atoms with Gasteiger partial charge in [0.15, 0.2) is 6.19 Å². The molecule has 1 unspecified atom stereocenters. The van der Waals surface area contributed by atoms with E-state index in [9.17, 15) is 42.6 Å². The lowest BCUT2D eigenvalue weighted by molar-refractivity contribution is -0.137. The van der Waals surface area contributed by atoms with Crippen molar-refractivity contribution in [3.63, 3.8) is 0 Å². The second-order valence-corrected chi connectivity index (χ2v) is 11.2. The molecule has 1 aliphatic rings. The van der Waals surface area contributed by atoms with Gasteiger partial charge in [-0.25, -0.2) is 9.07 Å². The maximum atomic E-state index is 14.4. The van der Waals surface area contributed by atoms with Crippen LogP contribution in [0, 0.1) is 17.3 Å². The smallest absolute Gasteiger partial charge is 0.394 e. The number of carbonyl (C=O) groups excluding carboxylic acids is 2. The van der Waals surface area contributed by atoms with Crippen LogP contribution >= 0.6 is 0 Å². The van der Waals surface area contributed by atoms with Gasteiger partial charge in [0.2, 0.25) is 0 Å². The Kier molecular flexibility index (Phi) is 10.1. The molecular weight excluding hydrogens is 632 g/mol. The fourth-order valence-electron chi connectivity index (χ4n) is 5.93. The molecule has 0 radical (unpaired) electrons. The quantitative estimate of drug-likeness (QED) is 0.105. The molecule has 1 aromatic heterocycles. The monoisotopic (exact) mass is 664 g/mol. The Hall–Kier alpha value is -5.26. The van der Waals surface area contributed by atoms with Crippen LogP contribution in [-0.4, -0.2) is 57.1 Å². The lowest BCUT2D eigenvalue weighted by Gasteiger charge is -2.39. The highest BCUT2D eigenvalue weighted by atomic mass is 19.4. The van der Waals surface area contributed by atoms with Crippen molar-refractivity contribution in [2.75, 3.05) is 18.1 Å². The molecule has 48 heavy (non-hydrogen) atoms. The standard InChI is InChI=1S/C34H32F4N6O4/c1-2-43-32-28(29(26(40-19-39)16-15-25(46)18-45)42-44(32)24-9-4-3-5-10-24)27(20-11-13-23(35)14-12-20)30(33(43)48)41-31(47)21-7-6-8-22(17-21)34(36,37)38/h3-14,17,25-27,30,40,45-46H,2,15-16,18H2,1H3,(H,41,47)/t25?,26-,27+,30+/m1/s1. The minimum Gasteiger partial charge on any atom is -0.394 e. The number of anilines is 1. The maximum absolute atomic E-state index is 14.4. The number of nitrogens with one attached hydrogen (secondary N) is 2. The van der Waals surface area contributed by atoms with Crippen molar-refractivity contribution in [2.45, 2.75) is 50.0 Å². The zero-order chi connectivity index (χ0) is 34.6. The number of halogens is 4. The maximum Gasteiger partial charge on any atom is 0.416 e. The number of para-hydroxylation sites is 1. The highest BCUT2D eigenvalue weighted by molar-refractivity contribution is 6.05. The molecule has 4 N–H and O–H groups in total. The van der Waals surface area contributed by atoms with Gasteiger partial charge < -0.3 is 20.8 Å². The predicted octanol–water partition coefficient (Wildman–Crippen LogP) is 4.57. The molecule has 250 valence electrons. The molecule has 3 aromatic carbocycles. The van der Waals surface area contributed by atoms with Crippen molar-refractivity contribution in [3.8, 4) is 11.9 Å². The number of nitriles is 1. The lowest BCUT2D eigenvalue weighted by Crippen LogP contribution is -2.55. The molecule has 0 spiro atoms. The van der Waals surface area contributed by atoms with Crippen molar-refractivity contribution in [1.82, 2.24) is 20.4 Å². The molecule has 14 heteroatoms. The molecule has 0 saturated heterocycles. The van der Waals surface area contributed by atoms with Gasteiger partial charge in [-0.2, -0.15) is 23.5 Å². The van der Waals surface area contributed by atoms with Crippen molar-refractivity contribution >= 4 is 17.6 Å². The topological polar surface area (TPSA) is 144 Å². The second kappa shape index (κ2) is 14.2. The van der Waals surface area contributed by atoms with Gasteiger partial charge in [0, 0.05) is 23.6 Å². The Morgan fingerprint density at radius 3 is 2.40 bits per heavy atom. The van der Waals surface area contributed by atoms with Crippen LogP contribution in [0.15, 0.2) is 78.9 Å². The van der Waals surface area contributed by atoms with E-state index in [2.05, 4.69) is 10.6 Å². The summed E-state index contributed by atoms with van der Waals surface area (Å²) >= 11 is 0. The molecule has 0 fully saturated rings. The molecule has 0 bridgehead atoms. The van der Waals surface area contributed by atoms with Crippen LogP contribution in [0.1, 0.15) is 64.5 Å². The highest BCUT2D eigenvalue weighted by Crippen LogP contribution is 2.46. The first-order chi connectivity index (χ1) is 23.0. The van der Waals surface area contributed by atoms with Gasteiger partial charge in [-0.1, -0.05) is 36.4 Å². The lowest BCUT2D eigenvalue weighted by atomic mass is 9.79. The van der Waals surface area contributed by atoms with E-state index in [-0.39, 0.29) is 30.6 Å². The first-order valence-electron chi connectivity index (χ1n) is 15.1. The van der Waals surface area contributed by atoms with Crippen LogP contribution in [0.4, 0.5) is 23.4 Å². The number of benzene rings is 3. The first kappa shape index (κ1) is 34.1. The Morgan fingerprint density at radius 2 is 1.77 bits per heavy atom. The second-order valence-electron chi connectivity index (χ2n) is 11.2. The highest BCUT2D eigenvalue weighted by Gasteiger charge is 2.47. The van der Waals surface area contributed by atoms with Crippen LogP contribution < -0.4 is 15.5 Å². The molecule has 4 aromatic rings. The van der Waals surface area contributed by atoms with Crippen LogP contribution in [-0.2, 0) is 11.0 Å². The molecule has 5 rings (SSSR count). The Morgan fingerprint density at radius 1 is 1.06 bits per heavy atom. The number of aliphatic hydroxyl groups excluding tert-OH is 2. The van der Waals surface area contributed by atoms with E-state index in [1.807, 2.05) is 6.19 Å². The number of amides is 2. The average Bonchev–Trinajstić information content (AvgIpc) is 3.47. The zero-order valence-electron chi connectivity index (χ0n) is 25.7. The summed E-state index contributed by atoms with van der Waals surface area (Å²) in [7, 11) is 0. The van der Waals surface area contributed by atoms with E-state index in [1.54, 1.807) is 37.3 Å². The van der Waals surface area contributed by atoms with Crippen LogP contribution in [0.5, 0.6) is 0 Å². The molecule has 2 heterocycles. The number of fused-ring (bicyclic) bond motifs is 1. The van der Waals surface area contributed by atoms with Crippen LogP contribution in [0.25, 0.3) is 5.69 Å². The summed E-state index contributed by atoms with van der Waals surface area (Å²) in [5, 5.41) is 39.5. The van der Waals surface area contributed by atoms with E-state index in [0.29, 0.717) is 28.7 Å². The van der Waals surface area contributed by atoms with Gasteiger partial charge in [0.25, 0.3) is 11.8 Å². The molecule has 2 amide bonds. The summed E-state index contributed by atoms with van der Waals surface area (Å²) in [6, 6.07) is 15.6. The number of aliphatic hydroxyl groups is 2. The van der Waals surface area contributed by atoms with Gasteiger partial charge in [0.05, 0.1) is 35.7 Å². The summed E-state index contributed by atoms with van der Waals surface area (Å²) in [6.45, 7) is 1.28. The number of rotatable bonds is 11. The minimum atomic E-state index is -4.71. The summed E-state index contributed by atoms with van der Waals surface area (Å²) in [5.41, 5.74) is 0.246. The van der Waals surface area contributed by atoms with E-state index in [0.717, 1.165) is 12.1 Å². The third kappa shape index (κ3) is 6.87. The van der Waals surface area contributed by atoms with Gasteiger partial charge in [-0.15, -0.1) is 0 Å². The van der Waals surface area contributed by atoms with Crippen LogP contribution in [0.3, 0.4) is 0 Å². The summed E-state index contributed by atoms with van der Waals surface area (Å²) in [6.07, 6.45) is -3.72. The fraction of sp³-hybridized carbons (Fsp3) is 0.294. The van der Waals surface area contributed by atoms with Gasteiger partial charge in [-0.3, -0.25) is 14.5 Å². The van der Waals surface area contributed by atoms with Crippen LogP contribution in [0.2, 0.25) is 0 Å². The molecule has 0 saturated carbocycles. The molecule has 0 aliphatic carbocycles. The number of carbonyl (C=O) groups is 2.